The molecule has 0 radical (unpaired) electrons. The Morgan fingerprint density at radius 1 is 1.04 bits per heavy atom. The van der Waals surface area contributed by atoms with Crippen LogP contribution in [0.25, 0.3) is 5.65 Å². The van der Waals surface area contributed by atoms with Gasteiger partial charge in [-0.05, 0) is 17.7 Å². The van der Waals surface area contributed by atoms with E-state index in [0.717, 1.165) is 5.56 Å². The number of hydrogen-bond acceptors (Lipinski definition) is 4. The summed E-state index contributed by atoms with van der Waals surface area (Å²) in [4.78, 5) is 35.6. The molecule has 3 amide bonds. The lowest BCUT2D eigenvalue weighted by atomic mass is 10.2. The van der Waals surface area contributed by atoms with E-state index in [2.05, 4.69) is 15.7 Å². The van der Waals surface area contributed by atoms with Crippen LogP contribution in [-0.4, -0.2) is 26.1 Å². The SMILES string of the molecule is O=C(CCn1nc2ccccn2c1=O)NC(=O)NCc1ccccc1. The van der Waals surface area contributed by atoms with Crippen molar-refractivity contribution in [3.05, 3.63) is 70.8 Å². The quantitative estimate of drug-likeness (QED) is 0.722. The Hall–Kier alpha value is -3.42. The molecule has 0 spiro atoms. The molecule has 0 bridgehead atoms. The molecule has 2 heterocycles. The van der Waals surface area contributed by atoms with Gasteiger partial charge in [-0.1, -0.05) is 36.4 Å². The Morgan fingerprint density at radius 2 is 1.80 bits per heavy atom. The molecule has 0 aliphatic heterocycles. The number of fused-ring (bicyclic) bond motifs is 1. The maximum atomic E-state index is 12.1. The maximum Gasteiger partial charge on any atom is 0.350 e. The molecular formula is C17H17N5O3. The molecule has 8 nitrogen and oxygen atoms in total. The van der Waals surface area contributed by atoms with Gasteiger partial charge in [-0.3, -0.25) is 14.5 Å². The van der Waals surface area contributed by atoms with Crippen LogP contribution in [0.15, 0.2) is 59.5 Å². The average Bonchev–Trinajstić information content (AvgIpc) is 2.95. The lowest BCUT2D eigenvalue weighted by Crippen LogP contribution is -2.39. The van der Waals surface area contributed by atoms with Gasteiger partial charge >= 0.3 is 11.7 Å². The number of aromatic nitrogens is 3. The summed E-state index contributed by atoms with van der Waals surface area (Å²) in [5, 5.41) is 8.96. The van der Waals surface area contributed by atoms with Crippen molar-refractivity contribution >= 4 is 17.6 Å². The Balaban J connectivity index is 1.49. The molecule has 1 aromatic carbocycles. The van der Waals surface area contributed by atoms with E-state index in [1.54, 1.807) is 24.4 Å². The summed E-state index contributed by atoms with van der Waals surface area (Å²) in [6.07, 6.45) is 1.58. The van der Waals surface area contributed by atoms with Crippen LogP contribution >= 0.6 is 0 Å². The Kier molecular flexibility index (Phi) is 4.89. The van der Waals surface area contributed by atoms with E-state index in [9.17, 15) is 14.4 Å². The second-order valence-electron chi connectivity index (χ2n) is 5.40. The molecule has 0 fully saturated rings. The van der Waals surface area contributed by atoms with Crippen LogP contribution in [0.2, 0.25) is 0 Å². The molecule has 128 valence electrons. The van der Waals surface area contributed by atoms with Crippen LogP contribution in [0.1, 0.15) is 12.0 Å². The number of nitrogens with one attached hydrogen (secondary N) is 2. The number of carbonyl (C=O) groups is 2. The molecule has 0 unspecified atom stereocenters. The number of urea groups is 1. The van der Waals surface area contributed by atoms with Crippen LogP contribution in [0.4, 0.5) is 4.79 Å². The molecule has 3 rings (SSSR count). The van der Waals surface area contributed by atoms with E-state index in [0.29, 0.717) is 12.2 Å². The van der Waals surface area contributed by atoms with Crippen molar-refractivity contribution in [2.75, 3.05) is 0 Å². The molecular weight excluding hydrogens is 322 g/mol. The number of carbonyl (C=O) groups excluding carboxylic acids is 2. The predicted octanol–water partition coefficient (Wildman–Crippen LogP) is 0.912. The molecule has 0 saturated heterocycles. The van der Waals surface area contributed by atoms with Crippen molar-refractivity contribution < 1.29 is 9.59 Å². The van der Waals surface area contributed by atoms with Gasteiger partial charge in [-0.15, -0.1) is 5.10 Å². The largest absolute Gasteiger partial charge is 0.350 e. The first-order valence-corrected chi connectivity index (χ1v) is 7.79. The molecule has 8 heteroatoms. The van der Waals surface area contributed by atoms with Gasteiger partial charge in [0.1, 0.15) is 0 Å². The van der Waals surface area contributed by atoms with Gasteiger partial charge in [0, 0.05) is 19.2 Å². The van der Waals surface area contributed by atoms with E-state index in [1.165, 1.54) is 9.08 Å². The lowest BCUT2D eigenvalue weighted by Gasteiger charge is -2.06. The smallest absolute Gasteiger partial charge is 0.334 e. The second-order valence-corrected chi connectivity index (χ2v) is 5.40. The highest BCUT2D eigenvalue weighted by atomic mass is 16.2. The van der Waals surface area contributed by atoms with Crippen molar-refractivity contribution in [3.8, 4) is 0 Å². The third kappa shape index (κ3) is 4.11. The summed E-state index contributed by atoms with van der Waals surface area (Å²) in [5.74, 6) is -0.477. The highest BCUT2D eigenvalue weighted by Crippen LogP contribution is 1.97. The van der Waals surface area contributed by atoms with Crippen molar-refractivity contribution in [1.29, 1.82) is 0 Å². The van der Waals surface area contributed by atoms with E-state index >= 15 is 0 Å². The summed E-state index contributed by atoms with van der Waals surface area (Å²) < 4.78 is 2.60. The average molecular weight is 339 g/mol. The first-order valence-electron chi connectivity index (χ1n) is 7.79. The van der Waals surface area contributed by atoms with Gasteiger partial charge < -0.3 is 5.32 Å². The highest BCUT2D eigenvalue weighted by molar-refractivity contribution is 5.94. The minimum absolute atomic E-state index is 0.0253. The fourth-order valence-corrected chi connectivity index (χ4v) is 2.33. The maximum absolute atomic E-state index is 12.1. The van der Waals surface area contributed by atoms with Crippen LogP contribution in [0, 0.1) is 0 Å². The normalized spacial score (nSPS) is 10.6. The van der Waals surface area contributed by atoms with Crippen LogP contribution in [0.3, 0.4) is 0 Å². The molecule has 0 atom stereocenters. The Bertz CT molecular complexity index is 946. The van der Waals surface area contributed by atoms with E-state index in [-0.39, 0.29) is 18.7 Å². The first-order chi connectivity index (χ1) is 12.1. The van der Waals surface area contributed by atoms with Gasteiger partial charge in [-0.2, -0.15) is 0 Å². The lowest BCUT2D eigenvalue weighted by molar-refractivity contribution is -0.120. The summed E-state index contributed by atoms with van der Waals surface area (Å²) >= 11 is 0. The third-order valence-electron chi connectivity index (χ3n) is 3.59. The Labute approximate surface area is 143 Å². The number of rotatable bonds is 5. The number of amides is 3. The molecule has 0 aliphatic rings. The number of imide groups is 1. The summed E-state index contributed by atoms with van der Waals surface area (Å²) in [7, 11) is 0. The van der Waals surface area contributed by atoms with E-state index < -0.39 is 11.9 Å². The standard InChI is InChI=1S/C17H17N5O3/c23-15(19-16(24)18-12-13-6-2-1-3-7-13)9-11-22-17(25)21-10-5-4-8-14(21)20-22/h1-8,10H,9,11-12H2,(H2,18,19,23,24). The van der Waals surface area contributed by atoms with Gasteiger partial charge in [0.25, 0.3) is 0 Å². The minimum Gasteiger partial charge on any atom is -0.334 e. The fraction of sp³-hybridized carbons (Fsp3) is 0.176. The molecule has 2 aromatic heterocycles. The fourth-order valence-electron chi connectivity index (χ4n) is 2.33. The van der Waals surface area contributed by atoms with E-state index in [1.807, 2.05) is 30.3 Å². The summed E-state index contributed by atoms with van der Waals surface area (Å²) in [5.41, 5.74) is 1.12. The van der Waals surface area contributed by atoms with Crippen LogP contribution in [-0.2, 0) is 17.9 Å². The zero-order chi connectivity index (χ0) is 17.6. The van der Waals surface area contributed by atoms with Crippen LogP contribution in [0.5, 0.6) is 0 Å². The zero-order valence-electron chi connectivity index (χ0n) is 13.4. The Morgan fingerprint density at radius 3 is 2.56 bits per heavy atom. The first kappa shape index (κ1) is 16.4. The predicted molar refractivity (Wildman–Crippen MR) is 90.9 cm³/mol. The van der Waals surface area contributed by atoms with Crippen molar-refractivity contribution in [3.63, 3.8) is 0 Å². The number of nitrogens with zero attached hydrogens (tertiary/aromatic N) is 3. The monoisotopic (exact) mass is 339 g/mol. The van der Waals surface area contributed by atoms with Gasteiger partial charge in [-0.25, -0.2) is 14.3 Å². The van der Waals surface area contributed by atoms with Gasteiger partial charge in [0.05, 0.1) is 6.54 Å². The molecule has 2 N–H and O–H groups in total. The van der Waals surface area contributed by atoms with Gasteiger partial charge in [0.2, 0.25) is 5.91 Å². The topological polar surface area (TPSA) is 97.5 Å². The molecule has 25 heavy (non-hydrogen) atoms. The minimum atomic E-state index is -0.573. The highest BCUT2D eigenvalue weighted by Gasteiger charge is 2.10. The van der Waals surface area contributed by atoms with Crippen molar-refractivity contribution in [2.24, 2.45) is 0 Å². The molecule has 0 aliphatic carbocycles. The number of pyridine rings is 1. The van der Waals surface area contributed by atoms with E-state index in [4.69, 9.17) is 0 Å². The molecule has 0 saturated carbocycles. The van der Waals surface area contributed by atoms with Crippen molar-refractivity contribution in [2.45, 2.75) is 19.5 Å². The van der Waals surface area contributed by atoms with Crippen LogP contribution < -0.4 is 16.3 Å². The summed E-state index contributed by atoms with van der Waals surface area (Å²) in [6.45, 7) is 0.421. The third-order valence-corrected chi connectivity index (χ3v) is 3.59. The summed E-state index contributed by atoms with van der Waals surface area (Å²) in [6, 6.07) is 14.0. The molecule has 3 aromatic rings. The van der Waals surface area contributed by atoms with Gasteiger partial charge in [0.15, 0.2) is 5.65 Å². The zero-order valence-corrected chi connectivity index (χ0v) is 13.4. The van der Waals surface area contributed by atoms with Crippen molar-refractivity contribution in [1.82, 2.24) is 24.8 Å². The number of benzene rings is 1. The number of aryl methyl sites for hydroxylation is 1. The number of hydrogen-bond donors (Lipinski definition) is 2. The second kappa shape index (κ2) is 7.43.